The van der Waals surface area contributed by atoms with Crippen LogP contribution in [-0.4, -0.2) is 69.3 Å². The summed E-state index contributed by atoms with van der Waals surface area (Å²) in [5.41, 5.74) is -5.32. The zero-order chi connectivity index (χ0) is 19.3. The van der Waals surface area contributed by atoms with Crippen LogP contribution in [0.5, 0.6) is 0 Å². The topological polar surface area (TPSA) is 140 Å². The molecule has 0 spiro atoms. The van der Waals surface area contributed by atoms with Crippen molar-refractivity contribution in [3.8, 4) is 0 Å². The largest absolute Gasteiger partial charge is 0.459 e. The molecule has 0 saturated carbocycles. The van der Waals surface area contributed by atoms with Crippen LogP contribution in [0.2, 0.25) is 0 Å². The smallest absolute Gasteiger partial charge is 0.338 e. The second-order valence-electron chi connectivity index (χ2n) is 6.90. The maximum absolute atomic E-state index is 11.7. The van der Waals surface area contributed by atoms with Gasteiger partial charge in [-0.25, -0.2) is 14.4 Å². The molecule has 0 fully saturated rings. The molecule has 0 aromatic heterocycles. The van der Waals surface area contributed by atoms with Crippen LogP contribution in [0.25, 0.3) is 0 Å². The average Bonchev–Trinajstić information content (AvgIpc) is 2.37. The summed E-state index contributed by atoms with van der Waals surface area (Å²) in [6.45, 7) is 6.20. The zero-order valence-electron chi connectivity index (χ0n) is 14.8. The van der Waals surface area contributed by atoms with Crippen LogP contribution in [0.3, 0.4) is 0 Å². The highest BCUT2D eigenvalue weighted by atomic mass is 16.6. The van der Waals surface area contributed by atoms with E-state index in [0.717, 1.165) is 0 Å². The van der Waals surface area contributed by atoms with Crippen molar-refractivity contribution in [3.05, 3.63) is 0 Å². The van der Waals surface area contributed by atoms with Crippen LogP contribution in [0.1, 0.15) is 41.5 Å². The Balaban J connectivity index is 4.87. The van der Waals surface area contributed by atoms with Gasteiger partial charge in [0.25, 0.3) is 0 Å². The Labute approximate surface area is 140 Å². The first kappa shape index (κ1) is 22.3. The second kappa shape index (κ2) is 7.91. The Bertz CT molecular complexity index is 433. The first-order valence-electron chi connectivity index (χ1n) is 7.28. The van der Waals surface area contributed by atoms with Crippen molar-refractivity contribution in [2.24, 2.45) is 0 Å². The van der Waals surface area contributed by atoms with Gasteiger partial charge in [0, 0.05) is 0 Å². The fourth-order valence-electron chi connectivity index (χ4n) is 1.10. The van der Waals surface area contributed by atoms with Crippen molar-refractivity contribution in [3.63, 3.8) is 0 Å². The quantitative estimate of drug-likeness (QED) is 0.383. The minimum atomic E-state index is -1.81. The van der Waals surface area contributed by atoms with Gasteiger partial charge in [-0.15, -0.1) is 0 Å². The lowest BCUT2D eigenvalue weighted by atomic mass is 10.1. The Morgan fingerprint density at radius 2 is 1.00 bits per heavy atom. The summed E-state index contributed by atoms with van der Waals surface area (Å²) in [6, 6.07) is 0. The molecule has 24 heavy (non-hydrogen) atoms. The molecular weight excluding hydrogens is 324 g/mol. The van der Waals surface area contributed by atoms with Gasteiger partial charge in [-0.05, 0) is 41.5 Å². The third-order valence-electron chi connectivity index (χ3n) is 2.57. The van der Waals surface area contributed by atoms with Crippen molar-refractivity contribution in [2.75, 3.05) is 13.2 Å². The third kappa shape index (κ3) is 8.23. The van der Waals surface area contributed by atoms with E-state index in [0.29, 0.717) is 0 Å². The van der Waals surface area contributed by atoms with Crippen LogP contribution in [0, 0.1) is 0 Å². The predicted molar refractivity (Wildman–Crippen MR) is 80.7 cm³/mol. The van der Waals surface area contributed by atoms with Crippen LogP contribution in [-0.2, 0) is 28.6 Å². The molecule has 0 amide bonds. The van der Waals surface area contributed by atoms with Crippen LogP contribution in [0.15, 0.2) is 0 Å². The van der Waals surface area contributed by atoms with Gasteiger partial charge in [0.05, 0.1) is 0 Å². The number of rotatable bonds is 8. The van der Waals surface area contributed by atoms with E-state index in [4.69, 9.17) is 14.2 Å². The number of hydrogen-bond acceptors (Lipinski definition) is 9. The van der Waals surface area contributed by atoms with Crippen molar-refractivity contribution < 1.29 is 43.9 Å². The molecular formula is C15H26O9. The maximum Gasteiger partial charge on any atom is 0.338 e. The van der Waals surface area contributed by atoms with Gasteiger partial charge in [0.1, 0.15) is 13.2 Å². The zero-order valence-corrected chi connectivity index (χ0v) is 14.8. The highest BCUT2D eigenvalue weighted by molar-refractivity contribution is 5.79. The van der Waals surface area contributed by atoms with Gasteiger partial charge in [-0.3, -0.25) is 0 Å². The molecule has 0 aliphatic carbocycles. The summed E-state index contributed by atoms with van der Waals surface area (Å²) in [5.74, 6) is -2.97. The summed E-state index contributed by atoms with van der Waals surface area (Å²) in [4.78, 5) is 34.8. The number of esters is 3. The molecule has 0 aliphatic heterocycles. The first-order valence-corrected chi connectivity index (χ1v) is 7.28. The summed E-state index contributed by atoms with van der Waals surface area (Å²) >= 11 is 0. The lowest BCUT2D eigenvalue weighted by Gasteiger charge is -2.24. The molecule has 0 bridgehead atoms. The summed E-state index contributed by atoms with van der Waals surface area (Å²) in [7, 11) is 0. The molecule has 0 atom stereocenters. The standard InChI is InChI=1S/C15H26O9/c1-13(2,19)10(16)22-7-9(24-12(18)15(5,6)21)8-23-11(17)14(3,4)20/h9,19-21H,7-8H2,1-6H3. The molecule has 140 valence electrons. The SMILES string of the molecule is CC(C)(O)C(=O)OCC(COC(=O)C(C)(C)O)OC(=O)C(C)(C)O. The number of carbonyl (C=O) groups is 3. The molecule has 0 unspecified atom stereocenters. The first-order chi connectivity index (χ1) is 10.5. The molecule has 0 radical (unpaired) electrons. The monoisotopic (exact) mass is 350 g/mol. The van der Waals surface area contributed by atoms with E-state index in [1.807, 2.05) is 0 Å². The fraction of sp³-hybridized carbons (Fsp3) is 0.800. The predicted octanol–water partition coefficient (Wildman–Crippen LogP) is -0.703. The molecule has 3 N–H and O–H groups in total. The molecule has 0 saturated heterocycles. The Hall–Kier alpha value is -1.71. The summed E-state index contributed by atoms with van der Waals surface area (Å²) in [5, 5.41) is 28.6. The molecule has 0 aromatic rings. The van der Waals surface area contributed by atoms with E-state index in [9.17, 15) is 29.7 Å². The van der Waals surface area contributed by atoms with E-state index in [-0.39, 0.29) is 0 Å². The molecule has 9 heteroatoms. The van der Waals surface area contributed by atoms with Crippen molar-refractivity contribution in [1.29, 1.82) is 0 Å². The Morgan fingerprint density at radius 3 is 1.25 bits per heavy atom. The summed E-state index contributed by atoms with van der Waals surface area (Å²) < 4.78 is 14.5. The third-order valence-corrected chi connectivity index (χ3v) is 2.57. The normalized spacial score (nSPS) is 12.8. The molecule has 0 aromatic carbocycles. The Morgan fingerprint density at radius 1 is 0.708 bits per heavy atom. The van der Waals surface area contributed by atoms with E-state index in [2.05, 4.69) is 0 Å². The van der Waals surface area contributed by atoms with Gasteiger partial charge < -0.3 is 29.5 Å². The van der Waals surface area contributed by atoms with Crippen molar-refractivity contribution in [1.82, 2.24) is 0 Å². The van der Waals surface area contributed by atoms with Crippen LogP contribution < -0.4 is 0 Å². The van der Waals surface area contributed by atoms with Gasteiger partial charge in [0.15, 0.2) is 22.9 Å². The lowest BCUT2D eigenvalue weighted by Crippen LogP contribution is -2.42. The van der Waals surface area contributed by atoms with E-state index >= 15 is 0 Å². The van der Waals surface area contributed by atoms with Gasteiger partial charge in [-0.2, -0.15) is 0 Å². The number of hydrogen-bond donors (Lipinski definition) is 3. The molecule has 0 aliphatic rings. The van der Waals surface area contributed by atoms with Crippen LogP contribution >= 0.6 is 0 Å². The number of aliphatic hydroxyl groups is 3. The molecule has 9 nitrogen and oxygen atoms in total. The van der Waals surface area contributed by atoms with Gasteiger partial charge >= 0.3 is 17.9 Å². The minimum Gasteiger partial charge on any atom is -0.459 e. The highest BCUT2D eigenvalue weighted by Gasteiger charge is 2.33. The second-order valence-corrected chi connectivity index (χ2v) is 6.90. The lowest BCUT2D eigenvalue weighted by molar-refractivity contribution is -0.185. The maximum atomic E-state index is 11.7. The number of carbonyl (C=O) groups excluding carboxylic acids is 3. The minimum absolute atomic E-state index is 0.510. The van der Waals surface area contributed by atoms with E-state index in [1.54, 1.807) is 0 Å². The molecule has 0 heterocycles. The van der Waals surface area contributed by atoms with Crippen molar-refractivity contribution in [2.45, 2.75) is 64.4 Å². The van der Waals surface area contributed by atoms with Crippen molar-refractivity contribution >= 4 is 17.9 Å². The Kier molecular flexibility index (Phi) is 7.35. The average molecular weight is 350 g/mol. The van der Waals surface area contributed by atoms with Gasteiger partial charge in [-0.1, -0.05) is 0 Å². The van der Waals surface area contributed by atoms with Gasteiger partial charge in [0.2, 0.25) is 0 Å². The summed E-state index contributed by atoms with van der Waals surface area (Å²) in [6.07, 6.45) is -1.22. The van der Waals surface area contributed by atoms with Crippen LogP contribution in [0.4, 0.5) is 0 Å². The number of ether oxygens (including phenoxy) is 3. The van der Waals surface area contributed by atoms with E-state index in [1.165, 1.54) is 41.5 Å². The molecule has 0 rings (SSSR count). The highest BCUT2D eigenvalue weighted by Crippen LogP contribution is 2.11. The fourth-order valence-corrected chi connectivity index (χ4v) is 1.10. The van der Waals surface area contributed by atoms with E-state index < -0.39 is 54.0 Å².